The van der Waals surface area contributed by atoms with Crippen molar-refractivity contribution in [1.29, 1.82) is 0 Å². The van der Waals surface area contributed by atoms with Gasteiger partial charge in [-0.3, -0.25) is 9.59 Å². The van der Waals surface area contributed by atoms with E-state index in [0.29, 0.717) is 13.1 Å². The summed E-state index contributed by atoms with van der Waals surface area (Å²) in [6.45, 7) is 7.07. The fraction of sp³-hybridized carbons (Fsp3) is 0.485. The number of amides is 4. The van der Waals surface area contributed by atoms with Crippen LogP contribution in [-0.4, -0.2) is 77.9 Å². The lowest BCUT2D eigenvalue weighted by molar-refractivity contribution is -0.136. The van der Waals surface area contributed by atoms with E-state index in [4.69, 9.17) is 5.73 Å². The number of nitrogens with two attached hydrogens (primary N) is 1. The van der Waals surface area contributed by atoms with E-state index in [0.717, 1.165) is 41.3 Å². The minimum absolute atomic E-state index is 0.100. The van der Waals surface area contributed by atoms with Crippen molar-refractivity contribution in [3.63, 3.8) is 0 Å². The molecule has 2 unspecified atom stereocenters. The molecule has 2 aliphatic rings. The Morgan fingerprint density at radius 2 is 1.76 bits per heavy atom. The summed E-state index contributed by atoms with van der Waals surface area (Å²) in [7, 11) is 3.62. The quantitative estimate of drug-likeness (QED) is 0.344. The lowest BCUT2D eigenvalue weighted by atomic mass is 9.73. The van der Waals surface area contributed by atoms with E-state index in [1.165, 1.54) is 5.56 Å². The summed E-state index contributed by atoms with van der Waals surface area (Å²) in [6, 6.07) is 15.1. The first-order valence-corrected chi connectivity index (χ1v) is 14.9. The smallest absolute Gasteiger partial charge is 0.315 e. The molecule has 5 rings (SSSR count). The van der Waals surface area contributed by atoms with Crippen LogP contribution in [0.1, 0.15) is 68.6 Å². The SMILES string of the molecule is CC(c1c[nH]c2ccccc12)C(NC(=O)NCC(C)(C)N)C(=O)N1CCC2(CC1)C[C@@H](C(=O)N(C)C)c1ccccc12. The van der Waals surface area contributed by atoms with Crippen molar-refractivity contribution in [2.24, 2.45) is 5.73 Å². The maximum absolute atomic E-state index is 14.2. The average molecular weight is 573 g/mol. The zero-order chi connectivity index (χ0) is 30.2. The number of benzene rings is 2. The van der Waals surface area contributed by atoms with Crippen LogP contribution in [0.5, 0.6) is 0 Å². The number of carbonyl (C=O) groups excluding carboxylic acids is 3. The number of carbonyl (C=O) groups is 3. The molecular formula is C33H44N6O3. The fourth-order valence-electron chi connectivity index (χ4n) is 6.80. The molecule has 1 aliphatic carbocycles. The number of likely N-dealkylation sites (N-methyl/N-ethyl adjacent to an activating group) is 1. The third-order valence-electron chi connectivity index (χ3n) is 9.14. The number of aromatic nitrogens is 1. The summed E-state index contributed by atoms with van der Waals surface area (Å²) in [6.07, 6.45) is 4.24. The van der Waals surface area contributed by atoms with E-state index >= 15 is 0 Å². The van der Waals surface area contributed by atoms with Crippen molar-refractivity contribution in [3.8, 4) is 0 Å². The van der Waals surface area contributed by atoms with E-state index in [1.807, 2.05) is 82.4 Å². The number of likely N-dealkylation sites (tertiary alicyclic amines) is 1. The van der Waals surface area contributed by atoms with Crippen molar-refractivity contribution >= 4 is 28.7 Å². The minimum atomic E-state index is -0.766. The highest BCUT2D eigenvalue weighted by Gasteiger charge is 2.49. The van der Waals surface area contributed by atoms with Gasteiger partial charge in [0, 0.05) is 67.7 Å². The molecule has 9 nitrogen and oxygen atoms in total. The Kier molecular flexibility index (Phi) is 8.07. The molecule has 2 heterocycles. The van der Waals surface area contributed by atoms with Gasteiger partial charge < -0.3 is 31.2 Å². The summed E-state index contributed by atoms with van der Waals surface area (Å²) in [5.74, 6) is -0.418. The van der Waals surface area contributed by atoms with Crippen molar-refractivity contribution in [1.82, 2.24) is 25.4 Å². The van der Waals surface area contributed by atoms with Gasteiger partial charge in [0.1, 0.15) is 6.04 Å². The maximum atomic E-state index is 14.2. The highest BCUT2D eigenvalue weighted by atomic mass is 16.2. The van der Waals surface area contributed by atoms with Crippen LogP contribution in [0, 0.1) is 0 Å². The van der Waals surface area contributed by atoms with Crippen LogP contribution in [0.25, 0.3) is 10.9 Å². The number of aromatic amines is 1. The summed E-state index contributed by atoms with van der Waals surface area (Å²) in [5, 5.41) is 6.86. The normalized spacial score (nSPS) is 19.3. The summed E-state index contributed by atoms with van der Waals surface area (Å²) in [5.41, 5.74) is 9.68. The van der Waals surface area contributed by atoms with Gasteiger partial charge in [-0.1, -0.05) is 49.4 Å². The van der Waals surface area contributed by atoms with Gasteiger partial charge in [-0.05, 0) is 55.9 Å². The first-order chi connectivity index (χ1) is 19.9. The Labute approximate surface area is 248 Å². The third kappa shape index (κ3) is 5.75. The van der Waals surface area contributed by atoms with Crippen LogP contribution >= 0.6 is 0 Å². The minimum Gasteiger partial charge on any atom is -0.361 e. The Balaban J connectivity index is 1.37. The number of hydrogen-bond donors (Lipinski definition) is 4. The maximum Gasteiger partial charge on any atom is 0.315 e. The van der Waals surface area contributed by atoms with Gasteiger partial charge in [0.05, 0.1) is 5.92 Å². The van der Waals surface area contributed by atoms with E-state index in [9.17, 15) is 14.4 Å². The topological polar surface area (TPSA) is 124 Å². The molecule has 1 aliphatic heterocycles. The molecule has 42 heavy (non-hydrogen) atoms. The Morgan fingerprint density at radius 1 is 1.10 bits per heavy atom. The number of rotatable bonds is 7. The number of piperidine rings is 1. The zero-order valence-electron chi connectivity index (χ0n) is 25.4. The van der Waals surface area contributed by atoms with Gasteiger partial charge >= 0.3 is 6.03 Å². The first-order valence-electron chi connectivity index (χ1n) is 14.9. The molecule has 1 saturated heterocycles. The zero-order valence-corrected chi connectivity index (χ0v) is 25.4. The summed E-state index contributed by atoms with van der Waals surface area (Å²) >= 11 is 0. The van der Waals surface area contributed by atoms with E-state index in [1.54, 1.807) is 4.90 Å². The van der Waals surface area contributed by atoms with Gasteiger partial charge in [-0.2, -0.15) is 0 Å². The average Bonchev–Trinajstić information content (AvgIpc) is 3.54. The van der Waals surface area contributed by atoms with Crippen LogP contribution in [-0.2, 0) is 15.0 Å². The number of para-hydroxylation sites is 1. The fourth-order valence-corrected chi connectivity index (χ4v) is 6.80. The Bertz CT molecular complexity index is 1460. The van der Waals surface area contributed by atoms with Crippen LogP contribution in [0.4, 0.5) is 4.79 Å². The number of hydrogen-bond acceptors (Lipinski definition) is 4. The number of fused-ring (bicyclic) bond motifs is 3. The molecule has 9 heteroatoms. The molecule has 3 aromatic rings. The predicted molar refractivity (Wildman–Crippen MR) is 165 cm³/mol. The van der Waals surface area contributed by atoms with Gasteiger partial charge in [0.15, 0.2) is 0 Å². The second-order valence-corrected chi connectivity index (χ2v) is 13.1. The molecule has 1 aromatic heterocycles. The van der Waals surface area contributed by atoms with Gasteiger partial charge in [-0.25, -0.2) is 4.79 Å². The van der Waals surface area contributed by atoms with Crippen molar-refractivity contribution in [3.05, 3.63) is 71.4 Å². The standard InChI is InChI=1S/C33H44N6O3/c1-21(25-19-35-27-13-9-7-11-23(25)27)28(37-31(42)36-20-32(2,3)34)30(41)39-16-14-33(15-17-39)18-24(29(40)38(4)5)22-10-6-8-12-26(22)33/h6-13,19,21,24,28,35H,14-18,20,34H2,1-5H3,(H2,36,37,42)/t21?,24-,28?/m1/s1. The molecule has 0 saturated carbocycles. The van der Waals surface area contributed by atoms with E-state index < -0.39 is 17.6 Å². The summed E-state index contributed by atoms with van der Waals surface area (Å²) < 4.78 is 0. The van der Waals surface area contributed by atoms with Crippen LogP contribution in [0.2, 0.25) is 0 Å². The van der Waals surface area contributed by atoms with E-state index in [-0.39, 0.29) is 35.6 Å². The van der Waals surface area contributed by atoms with Crippen LogP contribution in [0.3, 0.4) is 0 Å². The molecule has 3 atom stereocenters. The number of urea groups is 1. The molecule has 4 amide bonds. The van der Waals surface area contributed by atoms with Crippen LogP contribution < -0.4 is 16.4 Å². The van der Waals surface area contributed by atoms with Gasteiger partial charge in [0.25, 0.3) is 0 Å². The second kappa shape index (κ2) is 11.4. The Morgan fingerprint density at radius 3 is 2.45 bits per heavy atom. The molecule has 1 spiro atoms. The molecule has 5 N–H and O–H groups in total. The van der Waals surface area contributed by atoms with Gasteiger partial charge in [0.2, 0.25) is 11.8 Å². The highest BCUT2D eigenvalue weighted by Crippen LogP contribution is 2.52. The highest BCUT2D eigenvalue weighted by molar-refractivity contribution is 5.90. The molecule has 224 valence electrons. The van der Waals surface area contributed by atoms with Crippen LogP contribution in [0.15, 0.2) is 54.7 Å². The largest absolute Gasteiger partial charge is 0.361 e. The van der Waals surface area contributed by atoms with Crippen molar-refractivity contribution in [2.75, 3.05) is 33.7 Å². The molecule has 0 radical (unpaired) electrons. The lowest BCUT2D eigenvalue weighted by Gasteiger charge is -2.42. The first kappa shape index (κ1) is 29.6. The number of H-pyrrole nitrogens is 1. The van der Waals surface area contributed by atoms with Crippen molar-refractivity contribution < 1.29 is 14.4 Å². The second-order valence-electron chi connectivity index (χ2n) is 13.1. The molecule has 2 aromatic carbocycles. The number of nitrogens with zero attached hydrogens (tertiary/aromatic N) is 2. The third-order valence-corrected chi connectivity index (χ3v) is 9.14. The molecule has 0 bridgehead atoms. The molecular weight excluding hydrogens is 528 g/mol. The number of nitrogens with one attached hydrogen (secondary N) is 3. The summed E-state index contributed by atoms with van der Waals surface area (Å²) in [4.78, 5) is 47.2. The Hall–Kier alpha value is -3.85. The van der Waals surface area contributed by atoms with E-state index in [2.05, 4.69) is 27.8 Å². The lowest BCUT2D eigenvalue weighted by Crippen LogP contribution is -2.57. The monoisotopic (exact) mass is 572 g/mol. The predicted octanol–water partition coefficient (Wildman–Crippen LogP) is 3.81. The van der Waals surface area contributed by atoms with Gasteiger partial charge in [-0.15, -0.1) is 0 Å². The molecule has 1 fully saturated rings. The van der Waals surface area contributed by atoms with Crippen molar-refractivity contribution in [2.45, 2.75) is 68.9 Å².